The number of aryl methyl sites for hydroxylation is 1. The van der Waals surface area contributed by atoms with Crippen molar-refractivity contribution in [1.82, 2.24) is 0 Å². The van der Waals surface area contributed by atoms with Gasteiger partial charge in [0.2, 0.25) is 0 Å². The van der Waals surface area contributed by atoms with Gasteiger partial charge in [-0.05, 0) is 37.1 Å². The van der Waals surface area contributed by atoms with Gasteiger partial charge in [-0.3, -0.25) is 0 Å². The van der Waals surface area contributed by atoms with Crippen LogP contribution in [-0.2, 0) is 0 Å². The highest BCUT2D eigenvalue weighted by atomic mass is 19.2. The van der Waals surface area contributed by atoms with Crippen LogP contribution in [0.1, 0.15) is 11.1 Å². The van der Waals surface area contributed by atoms with Crippen LogP contribution >= 0.6 is 0 Å². The van der Waals surface area contributed by atoms with Gasteiger partial charge in [0.1, 0.15) is 0 Å². The minimum atomic E-state index is 0.524. The average molecular weight is 138 g/mol. The first kappa shape index (κ1) is 7.06. The molecule has 1 rings (SSSR count). The van der Waals surface area contributed by atoms with Crippen molar-refractivity contribution in [3.8, 4) is 0 Å². The van der Waals surface area contributed by atoms with Gasteiger partial charge in [0.05, 0.1) is 5.69 Å². The Hall–Kier alpha value is -1.05. The van der Waals surface area contributed by atoms with Crippen molar-refractivity contribution >= 4 is 5.69 Å². The Bertz CT molecular complexity index is 233. The predicted molar refractivity (Wildman–Crippen MR) is 39.5 cm³/mol. The Morgan fingerprint density at radius 3 is 2.70 bits per heavy atom. The van der Waals surface area contributed by atoms with Crippen LogP contribution in [0.2, 0.25) is 0 Å². The van der Waals surface area contributed by atoms with Crippen molar-refractivity contribution in [2.45, 2.75) is 13.8 Å². The van der Waals surface area contributed by atoms with Crippen LogP contribution in [0.4, 0.5) is 10.2 Å². The molecule has 0 atom stereocenters. The molecule has 0 heterocycles. The quantitative estimate of drug-likeness (QED) is 0.587. The Morgan fingerprint density at radius 2 is 2.20 bits per heavy atom. The lowest BCUT2D eigenvalue weighted by atomic mass is 10.1. The standard InChI is InChI=1S/C8H9FN/c1-6-4-3-5-8(10-9)7(6)2/h3,5,10H,1-2H3. The summed E-state index contributed by atoms with van der Waals surface area (Å²) in [7, 11) is 0. The van der Waals surface area contributed by atoms with E-state index in [0.29, 0.717) is 5.69 Å². The molecule has 0 aliphatic heterocycles. The van der Waals surface area contributed by atoms with E-state index in [-0.39, 0.29) is 0 Å². The molecule has 1 aromatic carbocycles. The molecule has 1 N–H and O–H groups in total. The zero-order valence-electron chi connectivity index (χ0n) is 6.03. The topological polar surface area (TPSA) is 12.0 Å². The van der Waals surface area contributed by atoms with Gasteiger partial charge in [-0.15, -0.1) is 4.48 Å². The predicted octanol–water partition coefficient (Wildman–Crippen LogP) is 2.40. The fourth-order valence-corrected chi connectivity index (χ4v) is 0.788. The molecule has 0 bridgehead atoms. The third-order valence-corrected chi connectivity index (χ3v) is 1.62. The highest BCUT2D eigenvalue weighted by Crippen LogP contribution is 2.16. The van der Waals surface area contributed by atoms with Crippen molar-refractivity contribution in [2.24, 2.45) is 0 Å². The number of hydrogen-bond donors (Lipinski definition) is 1. The van der Waals surface area contributed by atoms with E-state index in [1.165, 1.54) is 0 Å². The lowest BCUT2D eigenvalue weighted by Crippen LogP contribution is -1.88. The van der Waals surface area contributed by atoms with E-state index in [4.69, 9.17) is 0 Å². The molecule has 0 saturated carbocycles. The summed E-state index contributed by atoms with van der Waals surface area (Å²) in [5, 5.41) is 0. The zero-order chi connectivity index (χ0) is 7.56. The van der Waals surface area contributed by atoms with E-state index in [9.17, 15) is 4.48 Å². The molecule has 2 heteroatoms. The van der Waals surface area contributed by atoms with E-state index >= 15 is 0 Å². The summed E-state index contributed by atoms with van der Waals surface area (Å²) in [5.74, 6) is 0. The molecule has 0 spiro atoms. The fraction of sp³-hybridized carbons (Fsp3) is 0.250. The molecule has 0 unspecified atom stereocenters. The average Bonchev–Trinajstić information content (AvgIpc) is 1.95. The van der Waals surface area contributed by atoms with Gasteiger partial charge in [0.25, 0.3) is 0 Å². The maximum absolute atomic E-state index is 11.9. The molecular formula is C8H9FN. The fourth-order valence-electron chi connectivity index (χ4n) is 0.788. The van der Waals surface area contributed by atoms with Crippen LogP contribution in [0.15, 0.2) is 12.1 Å². The van der Waals surface area contributed by atoms with Gasteiger partial charge in [-0.2, -0.15) is 0 Å². The minimum Gasteiger partial charge on any atom is -0.224 e. The molecular weight excluding hydrogens is 129 g/mol. The molecule has 0 saturated heterocycles. The molecule has 0 fully saturated rings. The van der Waals surface area contributed by atoms with Crippen LogP contribution < -0.4 is 5.54 Å². The second-order valence-electron chi connectivity index (χ2n) is 2.24. The van der Waals surface area contributed by atoms with Gasteiger partial charge in [-0.1, -0.05) is 6.07 Å². The minimum absolute atomic E-state index is 0.524. The Labute approximate surface area is 59.8 Å². The second kappa shape index (κ2) is 2.69. The highest BCUT2D eigenvalue weighted by molar-refractivity contribution is 5.51. The van der Waals surface area contributed by atoms with Gasteiger partial charge in [-0.25, -0.2) is 5.54 Å². The zero-order valence-corrected chi connectivity index (χ0v) is 6.03. The van der Waals surface area contributed by atoms with Crippen molar-refractivity contribution in [2.75, 3.05) is 5.54 Å². The van der Waals surface area contributed by atoms with Crippen molar-refractivity contribution in [3.05, 3.63) is 29.3 Å². The maximum Gasteiger partial charge on any atom is 0.0687 e. The van der Waals surface area contributed by atoms with E-state index in [1.54, 1.807) is 17.7 Å². The largest absolute Gasteiger partial charge is 0.224 e. The number of rotatable bonds is 1. The third kappa shape index (κ3) is 1.10. The Morgan fingerprint density at radius 1 is 1.50 bits per heavy atom. The van der Waals surface area contributed by atoms with Gasteiger partial charge in [0.15, 0.2) is 0 Å². The first-order valence-electron chi connectivity index (χ1n) is 3.10. The van der Waals surface area contributed by atoms with Crippen molar-refractivity contribution < 1.29 is 4.48 Å². The molecule has 1 radical (unpaired) electrons. The summed E-state index contributed by atoms with van der Waals surface area (Å²) in [6, 6.07) is 6.32. The molecule has 0 aromatic heterocycles. The molecule has 1 aromatic rings. The number of nitrogens with one attached hydrogen (secondary N) is 1. The Balaban J connectivity index is 3.14. The molecule has 53 valence electrons. The van der Waals surface area contributed by atoms with Crippen LogP contribution in [0.3, 0.4) is 0 Å². The van der Waals surface area contributed by atoms with Crippen LogP contribution in [0.5, 0.6) is 0 Å². The summed E-state index contributed by atoms with van der Waals surface area (Å²) in [6.07, 6.45) is 0. The summed E-state index contributed by atoms with van der Waals surface area (Å²) in [5.41, 5.74) is 4.02. The van der Waals surface area contributed by atoms with Crippen LogP contribution in [0.25, 0.3) is 0 Å². The van der Waals surface area contributed by atoms with E-state index in [0.717, 1.165) is 11.1 Å². The normalized spacial score (nSPS) is 9.50. The third-order valence-electron chi connectivity index (χ3n) is 1.62. The van der Waals surface area contributed by atoms with E-state index < -0.39 is 0 Å². The second-order valence-corrected chi connectivity index (χ2v) is 2.24. The highest BCUT2D eigenvalue weighted by Gasteiger charge is 1.97. The van der Waals surface area contributed by atoms with Crippen molar-refractivity contribution in [1.29, 1.82) is 0 Å². The van der Waals surface area contributed by atoms with Crippen LogP contribution in [-0.4, -0.2) is 0 Å². The molecule has 0 aliphatic rings. The summed E-state index contributed by atoms with van der Waals surface area (Å²) in [4.78, 5) is 0. The van der Waals surface area contributed by atoms with E-state index in [1.807, 2.05) is 13.8 Å². The lowest BCUT2D eigenvalue weighted by molar-refractivity contribution is 0.616. The molecule has 0 amide bonds. The monoisotopic (exact) mass is 138 g/mol. The lowest BCUT2D eigenvalue weighted by Gasteiger charge is -2.02. The van der Waals surface area contributed by atoms with Crippen LogP contribution in [0, 0.1) is 19.9 Å². The number of halogens is 1. The van der Waals surface area contributed by atoms with Gasteiger partial charge < -0.3 is 0 Å². The van der Waals surface area contributed by atoms with Gasteiger partial charge in [0, 0.05) is 0 Å². The number of benzene rings is 1. The number of anilines is 1. The first-order chi connectivity index (χ1) is 4.75. The number of hydrogen-bond acceptors (Lipinski definition) is 1. The molecule has 1 nitrogen and oxygen atoms in total. The summed E-state index contributed by atoms with van der Waals surface area (Å²) in [6.45, 7) is 3.75. The van der Waals surface area contributed by atoms with E-state index in [2.05, 4.69) is 6.07 Å². The first-order valence-corrected chi connectivity index (χ1v) is 3.10. The van der Waals surface area contributed by atoms with Crippen molar-refractivity contribution in [3.63, 3.8) is 0 Å². The SMILES string of the molecule is Cc1[c]ccc(NF)c1C. The van der Waals surface area contributed by atoms with Gasteiger partial charge >= 0.3 is 0 Å². The summed E-state index contributed by atoms with van der Waals surface area (Å²) < 4.78 is 11.9. The molecule has 0 aliphatic carbocycles. The molecule has 10 heavy (non-hydrogen) atoms. The Kier molecular flexibility index (Phi) is 1.90. The smallest absolute Gasteiger partial charge is 0.0687 e. The maximum atomic E-state index is 11.9. The summed E-state index contributed by atoms with van der Waals surface area (Å²) >= 11 is 0.